The number of rotatable bonds is 8. The highest BCUT2D eigenvalue weighted by Crippen LogP contribution is 2.22. The lowest BCUT2D eigenvalue weighted by Crippen LogP contribution is -2.26. The van der Waals surface area contributed by atoms with Crippen molar-refractivity contribution in [1.82, 2.24) is 4.72 Å². The fourth-order valence-corrected chi connectivity index (χ4v) is 3.38. The lowest BCUT2D eigenvalue weighted by Gasteiger charge is -2.10. The Morgan fingerprint density at radius 1 is 1.00 bits per heavy atom. The third kappa shape index (κ3) is 5.47. The van der Waals surface area contributed by atoms with Crippen molar-refractivity contribution < 1.29 is 22.7 Å². The molecule has 0 bridgehead atoms. The number of sulfonamides is 1. The molecule has 0 aliphatic carbocycles. The molecule has 2 N–H and O–H groups in total. The molecular weight excluding hydrogens is 356 g/mol. The fraction of sp³-hybridized carbons (Fsp3) is 0.278. The summed E-state index contributed by atoms with van der Waals surface area (Å²) in [5, 5.41) is 2.59. The number of hydrogen-bond acceptors (Lipinski definition) is 5. The summed E-state index contributed by atoms with van der Waals surface area (Å²) in [6.07, 6.45) is 0.483. The van der Waals surface area contributed by atoms with Gasteiger partial charge in [-0.05, 0) is 48.4 Å². The average Bonchev–Trinajstić information content (AvgIpc) is 2.61. The molecule has 0 saturated heterocycles. The van der Waals surface area contributed by atoms with Crippen molar-refractivity contribution in [2.75, 3.05) is 26.1 Å². The van der Waals surface area contributed by atoms with E-state index in [4.69, 9.17) is 9.47 Å². The Hall–Kier alpha value is -2.58. The summed E-state index contributed by atoms with van der Waals surface area (Å²) in [7, 11) is -0.509. The van der Waals surface area contributed by atoms with Crippen LogP contribution in [0.4, 0.5) is 5.69 Å². The first-order chi connectivity index (χ1) is 12.3. The smallest absolute Gasteiger partial charge is 0.240 e. The summed E-state index contributed by atoms with van der Waals surface area (Å²) in [5.74, 6) is 1.08. The Labute approximate surface area is 153 Å². The van der Waals surface area contributed by atoms with E-state index < -0.39 is 10.0 Å². The monoisotopic (exact) mass is 378 g/mol. The molecule has 0 atom stereocenters. The van der Waals surface area contributed by atoms with Gasteiger partial charge in [-0.1, -0.05) is 0 Å². The van der Waals surface area contributed by atoms with Crippen LogP contribution in [0.3, 0.4) is 0 Å². The van der Waals surface area contributed by atoms with Crippen LogP contribution in [-0.2, 0) is 21.2 Å². The minimum atomic E-state index is -3.63. The second kappa shape index (κ2) is 8.68. The highest BCUT2D eigenvalue weighted by molar-refractivity contribution is 7.89. The van der Waals surface area contributed by atoms with Crippen LogP contribution in [0.5, 0.6) is 11.5 Å². The van der Waals surface area contributed by atoms with E-state index in [1.165, 1.54) is 19.1 Å². The number of anilines is 1. The molecule has 2 rings (SSSR count). The molecule has 7 nitrogen and oxygen atoms in total. The van der Waals surface area contributed by atoms with Crippen molar-refractivity contribution in [3.63, 3.8) is 0 Å². The first kappa shape index (κ1) is 19.7. The molecule has 0 aliphatic heterocycles. The van der Waals surface area contributed by atoms with E-state index in [-0.39, 0.29) is 17.3 Å². The number of nitrogens with one attached hydrogen (secondary N) is 2. The Balaban J connectivity index is 2.01. The number of hydrogen-bond donors (Lipinski definition) is 2. The normalized spacial score (nSPS) is 11.0. The zero-order valence-electron chi connectivity index (χ0n) is 14.9. The van der Waals surface area contributed by atoms with E-state index in [9.17, 15) is 13.2 Å². The second-order valence-corrected chi connectivity index (χ2v) is 7.34. The molecule has 0 aromatic heterocycles. The van der Waals surface area contributed by atoms with Gasteiger partial charge < -0.3 is 14.8 Å². The number of methoxy groups -OCH3 is 2. The van der Waals surface area contributed by atoms with Crippen LogP contribution in [0, 0.1) is 0 Å². The molecule has 2 aromatic rings. The molecule has 1 amide bonds. The molecule has 0 spiro atoms. The quantitative estimate of drug-likeness (QED) is 0.734. The summed E-state index contributed by atoms with van der Waals surface area (Å²) < 4.78 is 37.7. The predicted molar refractivity (Wildman–Crippen MR) is 99.2 cm³/mol. The summed E-state index contributed by atoms with van der Waals surface area (Å²) >= 11 is 0. The number of benzene rings is 2. The van der Waals surface area contributed by atoms with Gasteiger partial charge in [-0.25, -0.2) is 13.1 Å². The third-order valence-electron chi connectivity index (χ3n) is 3.60. The Bertz CT molecular complexity index is 841. The van der Waals surface area contributed by atoms with E-state index in [1.54, 1.807) is 32.4 Å². The molecule has 2 aromatic carbocycles. The second-order valence-electron chi connectivity index (χ2n) is 5.57. The minimum absolute atomic E-state index is 0.134. The predicted octanol–water partition coefficient (Wildman–Crippen LogP) is 2.18. The van der Waals surface area contributed by atoms with Gasteiger partial charge in [0.25, 0.3) is 0 Å². The van der Waals surface area contributed by atoms with Crippen LogP contribution < -0.4 is 19.5 Å². The van der Waals surface area contributed by atoms with Gasteiger partial charge in [0.2, 0.25) is 15.9 Å². The van der Waals surface area contributed by atoms with Crippen LogP contribution in [-0.4, -0.2) is 35.1 Å². The molecular formula is C18H22N2O5S. The van der Waals surface area contributed by atoms with Crippen molar-refractivity contribution in [2.24, 2.45) is 0 Å². The maximum atomic E-state index is 12.4. The Morgan fingerprint density at radius 3 is 2.08 bits per heavy atom. The molecule has 0 heterocycles. The van der Waals surface area contributed by atoms with Gasteiger partial charge in [-0.3, -0.25) is 4.79 Å². The van der Waals surface area contributed by atoms with E-state index in [0.717, 1.165) is 5.56 Å². The van der Waals surface area contributed by atoms with Gasteiger partial charge in [0.15, 0.2) is 0 Å². The van der Waals surface area contributed by atoms with Crippen molar-refractivity contribution in [1.29, 1.82) is 0 Å². The molecule has 140 valence electrons. The van der Waals surface area contributed by atoms with Gasteiger partial charge in [-0.2, -0.15) is 0 Å². The van der Waals surface area contributed by atoms with Crippen LogP contribution in [0.15, 0.2) is 47.4 Å². The maximum absolute atomic E-state index is 12.4. The van der Waals surface area contributed by atoms with E-state index in [1.807, 2.05) is 12.1 Å². The van der Waals surface area contributed by atoms with Crippen molar-refractivity contribution >= 4 is 21.6 Å². The highest BCUT2D eigenvalue weighted by atomic mass is 32.2. The summed E-state index contributed by atoms with van der Waals surface area (Å²) in [6, 6.07) is 11.4. The van der Waals surface area contributed by atoms with Crippen LogP contribution >= 0.6 is 0 Å². The number of ether oxygens (including phenoxy) is 2. The molecule has 0 radical (unpaired) electrons. The van der Waals surface area contributed by atoms with Crippen LogP contribution in [0.25, 0.3) is 0 Å². The largest absolute Gasteiger partial charge is 0.497 e. The first-order valence-electron chi connectivity index (χ1n) is 7.93. The zero-order valence-corrected chi connectivity index (χ0v) is 15.7. The van der Waals surface area contributed by atoms with Crippen molar-refractivity contribution in [3.8, 4) is 11.5 Å². The summed E-state index contributed by atoms with van der Waals surface area (Å²) in [5.41, 5.74) is 1.44. The van der Waals surface area contributed by atoms with Gasteiger partial charge in [-0.15, -0.1) is 0 Å². The first-order valence-corrected chi connectivity index (χ1v) is 9.41. The summed E-state index contributed by atoms with van der Waals surface area (Å²) in [6.45, 7) is 1.62. The van der Waals surface area contributed by atoms with Gasteiger partial charge in [0, 0.05) is 25.2 Å². The minimum Gasteiger partial charge on any atom is -0.497 e. The Morgan fingerprint density at radius 2 is 1.58 bits per heavy atom. The van der Waals surface area contributed by atoms with Crippen LogP contribution in [0.2, 0.25) is 0 Å². The summed E-state index contributed by atoms with van der Waals surface area (Å²) in [4.78, 5) is 11.1. The molecule has 0 saturated carbocycles. The molecule has 26 heavy (non-hydrogen) atoms. The molecule has 0 fully saturated rings. The number of amides is 1. The van der Waals surface area contributed by atoms with Gasteiger partial charge >= 0.3 is 0 Å². The molecule has 8 heteroatoms. The molecule has 0 aliphatic rings. The van der Waals surface area contributed by atoms with Gasteiger partial charge in [0.05, 0.1) is 19.1 Å². The third-order valence-corrected chi connectivity index (χ3v) is 5.08. The van der Waals surface area contributed by atoms with Crippen molar-refractivity contribution in [2.45, 2.75) is 18.2 Å². The average molecular weight is 378 g/mol. The number of carbonyl (C=O) groups excluding carboxylic acids is 1. The van der Waals surface area contributed by atoms with E-state index in [0.29, 0.717) is 23.6 Å². The maximum Gasteiger partial charge on any atom is 0.240 e. The fourth-order valence-electron chi connectivity index (χ4n) is 2.34. The SMILES string of the molecule is COc1cc(CCNS(=O)(=O)c2ccc(NC(C)=O)cc2)cc(OC)c1. The number of carbonyl (C=O) groups is 1. The lowest BCUT2D eigenvalue weighted by molar-refractivity contribution is -0.114. The zero-order chi connectivity index (χ0) is 19.2. The lowest BCUT2D eigenvalue weighted by atomic mass is 10.1. The standard InChI is InChI=1S/C18H22N2O5S/c1-13(21)20-15-4-6-18(7-5-15)26(22,23)19-9-8-14-10-16(24-2)12-17(11-14)25-3/h4-7,10-12,19H,8-9H2,1-3H3,(H,20,21). The molecule has 0 unspecified atom stereocenters. The van der Waals surface area contributed by atoms with Crippen LogP contribution in [0.1, 0.15) is 12.5 Å². The topological polar surface area (TPSA) is 93.7 Å². The Kier molecular flexibility index (Phi) is 6.59. The van der Waals surface area contributed by atoms with Crippen molar-refractivity contribution in [3.05, 3.63) is 48.0 Å². The van der Waals surface area contributed by atoms with E-state index >= 15 is 0 Å². The van der Waals surface area contributed by atoms with E-state index in [2.05, 4.69) is 10.0 Å². The highest BCUT2D eigenvalue weighted by Gasteiger charge is 2.13. The van der Waals surface area contributed by atoms with Gasteiger partial charge in [0.1, 0.15) is 11.5 Å².